The molecule has 3 rings (SSSR count). The molecule has 0 bridgehead atoms. The van der Waals surface area contributed by atoms with Crippen molar-refractivity contribution in [3.05, 3.63) is 109 Å². The van der Waals surface area contributed by atoms with E-state index in [9.17, 15) is 0 Å². The highest BCUT2D eigenvalue weighted by atomic mass is 31.2. The van der Waals surface area contributed by atoms with E-state index in [1.165, 1.54) is 0 Å². The van der Waals surface area contributed by atoms with Crippen molar-refractivity contribution >= 4 is 25.3 Å². The molecule has 0 aromatic heterocycles. The van der Waals surface area contributed by atoms with E-state index in [4.69, 9.17) is 13.6 Å². The van der Waals surface area contributed by atoms with Crippen LogP contribution in [-0.4, -0.2) is 0 Å². The standard InChI is InChI=1S/C27H27O3P/c1-19(2)22-7-13-25(14-8-22)28-31(29-26-15-9-23(10-16-26)20(3)4)30-27-17-11-24(12-18-27)21(5)6/h7-18H,1,3,5H2,2,4,6H3. The summed E-state index contributed by atoms with van der Waals surface area (Å²) in [6.07, 6.45) is 0. The number of hydrogen-bond acceptors (Lipinski definition) is 3. The molecule has 0 N–H and O–H groups in total. The van der Waals surface area contributed by atoms with Gasteiger partial charge in [-0.05, 0) is 73.9 Å². The molecule has 3 aromatic rings. The molecule has 0 aliphatic carbocycles. The second-order valence-corrected chi connectivity index (χ2v) is 8.41. The quantitative estimate of drug-likeness (QED) is 0.318. The summed E-state index contributed by atoms with van der Waals surface area (Å²) in [4.78, 5) is 0. The third kappa shape index (κ3) is 6.34. The first-order valence-corrected chi connectivity index (χ1v) is 11.0. The van der Waals surface area contributed by atoms with Crippen molar-refractivity contribution in [2.24, 2.45) is 0 Å². The Hall–Kier alpha value is -3.29. The Morgan fingerprint density at radius 2 is 0.710 bits per heavy atom. The van der Waals surface area contributed by atoms with E-state index in [1.807, 2.05) is 93.6 Å². The first-order valence-electron chi connectivity index (χ1n) is 9.93. The minimum Gasteiger partial charge on any atom is -0.409 e. The van der Waals surface area contributed by atoms with Gasteiger partial charge in [-0.25, -0.2) is 0 Å². The van der Waals surface area contributed by atoms with Gasteiger partial charge in [-0.2, -0.15) is 0 Å². The number of rotatable bonds is 9. The van der Waals surface area contributed by atoms with Gasteiger partial charge in [0.25, 0.3) is 0 Å². The summed E-state index contributed by atoms with van der Waals surface area (Å²) in [7, 11) is -1.73. The van der Waals surface area contributed by atoms with Gasteiger partial charge in [-0.3, -0.25) is 0 Å². The van der Waals surface area contributed by atoms with E-state index in [1.54, 1.807) is 0 Å². The summed E-state index contributed by atoms with van der Waals surface area (Å²) in [6, 6.07) is 23.1. The highest BCUT2D eigenvalue weighted by molar-refractivity contribution is 7.43. The molecule has 31 heavy (non-hydrogen) atoms. The molecule has 0 aliphatic rings. The van der Waals surface area contributed by atoms with Gasteiger partial charge in [0.1, 0.15) is 17.2 Å². The van der Waals surface area contributed by atoms with Crippen molar-refractivity contribution in [2.45, 2.75) is 20.8 Å². The van der Waals surface area contributed by atoms with Crippen LogP contribution in [-0.2, 0) is 0 Å². The van der Waals surface area contributed by atoms with E-state index in [-0.39, 0.29) is 0 Å². The maximum atomic E-state index is 6.07. The first-order chi connectivity index (χ1) is 14.8. The van der Waals surface area contributed by atoms with Crippen LogP contribution in [0, 0.1) is 0 Å². The fourth-order valence-electron chi connectivity index (χ4n) is 2.72. The van der Waals surface area contributed by atoms with Gasteiger partial charge >= 0.3 is 8.60 Å². The van der Waals surface area contributed by atoms with E-state index in [0.717, 1.165) is 33.4 Å². The van der Waals surface area contributed by atoms with Gasteiger partial charge < -0.3 is 13.6 Å². The zero-order valence-corrected chi connectivity index (χ0v) is 19.1. The molecule has 3 aromatic carbocycles. The van der Waals surface area contributed by atoms with Gasteiger partial charge in [0, 0.05) is 0 Å². The smallest absolute Gasteiger partial charge is 0.409 e. The Bertz CT molecular complexity index is 924. The van der Waals surface area contributed by atoms with Crippen LogP contribution in [0.4, 0.5) is 0 Å². The molecule has 4 heteroatoms. The summed E-state index contributed by atoms with van der Waals surface area (Å²) in [6.45, 7) is 17.8. The maximum absolute atomic E-state index is 6.07. The van der Waals surface area contributed by atoms with E-state index < -0.39 is 8.60 Å². The summed E-state index contributed by atoms with van der Waals surface area (Å²) in [5.74, 6) is 1.98. The lowest BCUT2D eigenvalue weighted by Gasteiger charge is -2.18. The summed E-state index contributed by atoms with van der Waals surface area (Å²) in [5, 5.41) is 0. The highest BCUT2D eigenvalue weighted by Crippen LogP contribution is 2.42. The SMILES string of the molecule is C=C(C)c1ccc(OP(Oc2ccc(C(=C)C)cc2)Oc2ccc(C(=C)C)cc2)cc1. The molecule has 0 unspecified atom stereocenters. The normalized spacial score (nSPS) is 10.5. The first kappa shape index (κ1) is 22.4. The predicted octanol–water partition coefficient (Wildman–Crippen LogP) is 8.55. The lowest BCUT2D eigenvalue weighted by atomic mass is 10.1. The topological polar surface area (TPSA) is 27.7 Å². The molecular formula is C27H27O3P. The summed E-state index contributed by atoms with van der Waals surface area (Å²) < 4.78 is 18.2. The van der Waals surface area contributed by atoms with Crippen LogP contribution in [0.25, 0.3) is 16.7 Å². The van der Waals surface area contributed by atoms with Crippen LogP contribution >= 0.6 is 8.60 Å². The van der Waals surface area contributed by atoms with Gasteiger partial charge in [0.05, 0.1) is 0 Å². The van der Waals surface area contributed by atoms with Crippen molar-refractivity contribution in [3.8, 4) is 17.2 Å². The van der Waals surface area contributed by atoms with Crippen LogP contribution in [0.1, 0.15) is 37.5 Å². The fourth-order valence-corrected chi connectivity index (χ4v) is 3.71. The maximum Gasteiger partial charge on any atom is 0.530 e. The second kappa shape index (κ2) is 10.1. The number of hydrogen-bond donors (Lipinski definition) is 0. The third-order valence-electron chi connectivity index (χ3n) is 4.58. The molecule has 3 nitrogen and oxygen atoms in total. The molecule has 0 spiro atoms. The molecule has 0 saturated carbocycles. The Labute approximate surface area is 186 Å². The van der Waals surface area contributed by atoms with Gasteiger partial charge in [0.15, 0.2) is 0 Å². The Kier molecular flexibility index (Phi) is 7.33. The van der Waals surface area contributed by atoms with Crippen molar-refractivity contribution in [1.82, 2.24) is 0 Å². The zero-order valence-electron chi connectivity index (χ0n) is 18.2. The van der Waals surface area contributed by atoms with Gasteiger partial charge in [-0.1, -0.05) is 72.9 Å². The van der Waals surface area contributed by atoms with E-state index in [2.05, 4.69) is 19.7 Å². The Morgan fingerprint density at radius 1 is 0.484 bits per heavy atom. The molecule has 158 valence electrons. The lowest BCUT2D eigenvalue weighted by molar-refractivity contribution is 0.388. The fraction of sp³-hybridized carbons (Fsp3) is 0.111. The number of benzene rings is 3. The molecule has 0 radical (unpaired) electrons. The minimum absolute atomic E-state index is 0.660. The van der Waals surface area contributed by atoms with Crippen LogP contribution < -0.4 is 13.6 Å². The van der Waals surface area contributed by atoms with Gasteiger partial charge in [-0.15, -0.1) is 0 Å². The Morgan fingerprint density at radius 3 is 0.903 bits per heavy atom. The lowest BCUT2D eigenvalue weighted by Crippen LogP contribution is -2.02. The zero-order chi connectivity index (χ0) is 22.4. The predicted molar refractivity (Wildman–Crippen MR) is 132 cm³/mol. The molecule has 0 amide bonds. The minimum atomic E-state index is -1.73. The number of allylic oxidation sites excluding steroid dienone is 3. The average molecular weight is 430 g/mol. The average Bonchev–Trinajstić information content (AvgIpc) is 2.75. The van der Waals surface area contributed by atoms with Crippen molar-refractivity contribution < 1.29 is 13.6 Å². The Balaban J connectivity index is 1.80. The molecule has 0 fully saturated rings. The molecular weight excluding hydrogens is 403 g/mol. The van der Waals surface area contributed by atoms with Crippen LogP contribution in [0.3, 0.4) is 0 Å². The highest BCUT2D eigenvalue weighted by Gasteiger charge is 2.20. The van der Waals surface area contributed by atoms with Crippen LogP contribution in [0.15, 0.2) is 92.5 Å². The summed E-state index contributed by atoms with van der Waals surface area (Å²) in [5.41, 5.74) is 6.17. The van der Waals surface area contributed by atoms with Crippen molar-refractivity contribution in [2.75, 3.05) is 0 Å². The third-order valence-corrected chi connectivity index (χ3v) is 5.66. The van der Waals surface area contributed by atoms with E-state index in [0.29, 0.717) is 17.2 Å². The molecule has 0 saturated heterocycles. The monoisotopic (exact) mass is 430 g/mol. The largest absolute Gasteiger partial charge is 0.530 e. The second-order valence-electron chi connectivity index (χ2n) is 7.41. The van der Waals surface area contributed by atoms with Crippen LogP contribution in [0.2, 0.25) is 0 Å². The van der Waals surface area contributed by atoms with Crippen molar-refractivity contribution in [1.29, 1.82) is 0 Å². The molecule has 0 atom stereocenters. The molecule has 0 aliphatic heterocycles. The van der Waals surface area contributed by atoms with E-state index >= 15 is 0 Å². The summed E-state index contributed by atoms with van der Waals surface area (Å²) >= 11 is 0. The molecule has 0 heterocycles. The van der Waals surface area contributed by atoms with Crippen LogP contribution in [0.5, 0.6) is 17.2 Å². The van der Waals surface area contributed by atoms with Crippen molar-refractivity contribution in [3.63, 3.8) is 0 Å². The van der Waals surface area contributed by atoms with Gasteiger partial charge in [0.2, 0.25) is 0 Å².